The zero-order valence-corrected chi connectivity index (χ0v) is 14.9. The van der Waals surface area contributed by atoms with Gasteiger partial charge in [-0.1, -0.05) is 47.1 Å². The number of rotatable bonds is 1. The van der Waals surface area contributed by atoms with Crippen LogP contribution < -0.4 is 0 Å². The van der Waals surface area contributed by atoms with Gasteiger partial charge in [0.15, 0.2) is 0 Å². The van der Waals surface area contributed by atoms with E-state index >= 15 is 0 Å². The minimum atomic E-state index is -0.926. The van der Waals surface area contributed by atoms with Gasteiger partial charge in [-0.3, -0.25) is 0 Å². The molecule has 1 aromatic rings. The Morgan fingerprint density at radius 2 is 1.74 bits per heavy atom. The third kappa shape index (κ3) is 2.24. The Morgan fingerprint density at radius 3 is 2.35 bits per heavy atom. The van der Waals surface area contributed by atoms with E-state index in [1.807, 2.05) is 19.9 Å². The number of aliphatic hydroxyl groups is 2. The Hall–Kier alpha value is -1.06. The lowest BCUT2D eigenvalue weighted by Gasteiger charge is -2.57. The monoisotopic (exact) mass is 318 g/mol. The zero-order valence-electron chi connectivity index (χ0n) is 14.9. The summed E-state index contributed by atoms with van der Waals surface area (Å²) in [5, 5.41) is 32.2. The fourth-order valence-corrected chi connectivity index (χ4v) is 5.63. The van der Waals surface area contributed by atoms with Gasteiger partial charge in [0, 0.05) is 11.5 Å². The second-order valence-electron chi connectivity index (χ2n) is 8.79. The van der Waals surface area contributed by atoms with Crippen LogP contribution >= 0.6 is 0 Å². The van der Waals surface area contributed by atoms with Crippen molar-refractivity contribution < 1.29 is 15.3 Å². The third-order valence-electron chi connectivity index (χ3n) is 6.46. The first kappa shape index (κ1) is 16.8. The maximum atomic E-state index is 11.0. The molecule has 4 unspecified atom stereocenters. The lowest BCUT2D eigenvalue weighted by atomic mass is 9.48. The van der Waals surface area contributed by atoms with Gasteiger partial charge in [-0.15, -0.1) is 0 Å². The van der Waals surface area contributed by atoms with Crippen molar-refractivity contribution >= 4 is 0 Å². The van der Waals surface area contributed by atoms with Crippen LogP contribution in [0.5, 0.6) is 5.75 Å². The van der Waals surface area contributed by atoms with E-state index in [9.17, 15) is 15.3 Å². The van der Waals surface area contributed by atoms with Gasteiger partial charge in [-0.05, 0) is 46.8 Å². The summed E-state index contributed by atoms with van der Waals surface area (Å²) in [6, 6.07) is 3.74. The molecule has 0 amide bonds. The number of hydrogen-bond donors (Lipinski definition) is 3. The van der Waals surface area contributed by atoms with Crippen LogP contribution in [0.2, 0.25) is 0 Å². The van der Waals surface area contributed by atoms with E-state index in [1.165, 1.54) is 0 Å². The standard InChI is InChI=1S/C20H30O3/c1-11(2)14-13(21)8-7-12-15(14)16(22)17(23)18-19(3,4)9-6-10-20(12,18)5/h7-8,11,16-18,21-23H,6,9-10H2,1-5H3. The number of phenols is 1. The summed E-state index contributed by atoms with van der Waals surface area (Å²) in [7, 11) is 0. The highest BCUT2D eigenvalue weighted by Crippen LogP contribution is 2.60. The number of aromatic hydroxyl groups is 1. The van der Waals surface area contributed by atoms with Crippen molar-refractivity contribution in [1.29, 1.82) is 0 Å². The molecule has 23 heavy (non-hydrogen) atoms. The first-order chi connectivity index (χ1) is 10.6. The summed E-state index contributed by atoms with van der Waals surface area (Å²) in [6.07, 6.45) is 1.49. The zero-order chi connectivity index (χ0) is 17.2. The molecule has 0 spiro atoms. The summed E-state index contributed by atoms with van der Waals surface area (Å²) in [5.41, 5.74) is 2.50. The number of fused-ring (bicyclic) bond motifs is 3. The molecular formula is C20H30O3. The van der Waals surface area contributed by atoms with Crippen molar-refractivity contribution in [3.63, 3.8) is 0 Å². The lowest BCUT2D eigenvalue weighted by molar-refractivity contribution is -0.114. The molecule has 0 radical (unpaired) electrons. The summed E-state index contributed by atoms with van der Waals surface area (Å²) >= 11 is 0. The van der Waals surface area contributed by atoms with Gasteiger partial charge in [0.2, 0.25) is 0 Å². The first-order valence-electron chi connectivity index (χ1n) is 8.83. The highest BCUT2D eigenvalue weighted by atomic mass is 16.3. The minimum absolute atomic E-state index is 0.0129. The maximum absolute atomic E-state index is 11.0. The fraction of sp³-hybridized carbons (Fsp3) is 0.700. The average Bonchev–Trinajstić information content (AvgIpc) is 2.42. The molecule has 0 heterocycles. The lowest BCUT2D eigenvalue weighted by Crippen LogP contribution is -2.56. The van der Waals surface area contributed by atoms with Crippen LogP contribution in [0.1, 0.15) is 82.6 Å². The van der Waals surface area contributed by atoms with Crippen molar-refractivity contribution in [2.45, 2.75) is 77.4 Å². The molecule has 0 aromatic heterocycles. The molecule has 4 atom stereocenters. The maximum Gasteiger partial charge on any atom is 0.119 e. The van der Waals surface area contributed by atoms with Crippen LogP contribution in [0.25, 0.3) is 0 Å². The quantitative estimate of drug-likeness (QED) is 0.733. The SMILES string of the molecule is CC(C)c1c(O)ccc2c1C(O)C(O)C1C(C)(C)CCCC21C. The topological polar surface area (TPSA) is 60.7 Å². The van der Waals surface area contributed by atoms with Gasteiger partial charge in [0.25, 0.3) is 0 Å². The molecule has 3 heteroatoms. The Kier molecular flexibility index (Phi) is 3.81. The van der Waals surface area contributed by atoms with Gasteiger partial charge < -0.3 is 15.3 Å². The van der Waals surface area contributed by atoms with Gasteiger partial charge >= 0.3 is 0 Å². The second-order valence-corrected chi connectivity index (χ2v) is 8.79. The van der Waals surface area contributed by atoms with Crippen LogP contribution in [-0.4, -0.2) is 21.4 Å². The van der Waals surface area contributed by atoms with E-state index < -0.39 is 12.2 Å². The summed E-state index contributed by atoms with van der Waals surface area (Å²) < 4.78 is 0. The number of phenolic OH excluding ortho intramolecular Hbond substituents is 1. The number of aliphatic hydroxyl groups excluding tert-OH is 2. The van der Waals surface area contributed by atoms with Crippen molar-refractivity contribution in [3.05, 3.63) is 28.8 Å². The minimum Gasteiger partial charge on any atom is -0.508 e. The molecule has 2 aliphatic carbocycles. The third-order valence-corrected chi connectivity index (χ3v) is 6.46. The van der Waals surface area contributed by atoms with E-state index in [0.29, 0.717) is 0 Å². The summed E-state index contributed by atoms with van der Waals surface area (Å²) in [5.74, 6) is 0.349. The smallest absolute Gasteiger partial charge is 0.119 e. The van der Waals surface area contributed by atoms with Gasteiger partial charge in [-0.25, -0.2) is 0 Å². The molecule has 3 N–H and O–H groups in total. The Morgan fingerprint density at radius 1 is 1.09 bits per heavy atom. The number of benzene rings is 1. The fourth-order valence-electron chi connectivity index (χ4n) is 5.63. The van der Waals surface area contributed by atoms with Crippen molar-refractivity contribution in [1.82, 2.24) is 0 Å². The molecule has 128 valence electrons. The van der Waals surface area contributed by atoms with Crippen molar-refractivity contribution in [2.75, 3.05) is 0 Å². The largest absolute Gasteiger partial charge is 0.508 e. The molecule has 1 fully saturated rings. The van der Waals surface area contributed by atoms with Crippen molar-refractivity contribution in [2.24, 2.45) is 11.3 Å². The molecule has 1 saturated carbocycles. The van der Waals surface area contributed by atoms with Gasteiger partial charge in [-0.2, -0.15) is 0 Å². The second kappa shape index (κ2) is 5.22. The van der Waals surface area contributed by atoms with E-state index in [0.717, 1.165) is 36.0 Å². The van der Waals surface area contributed by atoms with Crippen LogP contribution in [0.4, 0.5) is 0 Å². The number of hydrogen-bond acceptors (Lipinski definition) is 3. The predicted molar refractivity (Wildman–Crippen MR) is 91.6 cm³/mol. The molecule has 3 nitrogen and oxygen atoms in total. The Labute approximate surface area is 139 Å². The Bertz CT molecular complexity index is 620. The van der Waals surface area contributed by atoms with E-state index in [1.54, 1.807) is 6.07 Å². The molecule has 1 aromatic carbocycles. The molecule has 0 bridgehead atoms. The predicted octanol–water partition coefficient (Wildman–Crippen LogP) is 4.01. The summed E-state index contributed by atoms with van der Waals surface area (Å²) in [6.45, 7) is 10.7. The van der Waals surface area contributed by atoms with Crippen LogP contribution in [0.15, 0.2) is 12.1 Å². The summed E-state index contributed by atoms with van der Waals surface area (Å²) in [4.78, 5) is 0. The van der Waals surface area contributed by atoms with Gasteiger partial charge in [0.1, 0.15) is 11.9 Å². The molecule has 3 rings (SSSR count). The Balaban J connectivity index is 2.29. The molecular weight excluding hydrogens is 288 g/mol. The average molecular weight is 318 g/mol. The first-order valence-corrected chi connectivity index (χ1v) is 8.83. The van der Waals surface area contributed by atoms with Gasteiger partial charge in [0.05, 0.1) is 6.10 Å². The molecule has 0 aliphatic heterocycles. The van der Waals surface area contributed by atoms with E-state index in [4.69, 9.17) is 0 Å². The van der Waals surface area contributed by atoms with E-state index in [-0.39, 0.29) is 28.4 Å². The van der Waals surface area contributed by atoms with Crippen LogP contribution in [-0.2, 0) is 5.41 Å². The van der Waals surface area contributed by atoms with Crippen LogP contribution in [0.3, 0.4) is 0 Å². The highest BCUT2D eigenvalue weighted by Gasteiger charge is 2.56. The van der Waals surface area contributed by atoms with Crippen LogP contribution in [0, 0.1) is 11.3 Å². The van der Waals surface area contributed by atoms with Crippen molar-refractivity contribution in [3.8, 4) is 5.75 Å². The molecule has 0 saturated heterocycles. The van der Waals surface area contributed by atoms with E-state index in [2.05, 4.69) is 20.8 Å². The molecule has 2 aliphatic rings. The highest BCUT2D eigenvalue weighted by molar-refractivity contribution is 5.53. The normalized spacial score (nSPS) is 35.7.